The standard InChI is InChI=1S/C25H31ClN4/c1-17(2)29-11-13-30(14-12-29)21-9-7-18(8-10-21)20-15-22(26)24-23(16-20)28(3)25(27-24)19-5-4-6-19/h7-10,15-17,19H,4-6,11-14H2,1-3H3. The second kappa shape index (κ2) is 7.90. The number of rotatable bonds is 4. The fraction of sp³-hybridized carbons (Fsp3) is 0.480. The van der Waals surface area contributed by atoms with Gasteiger partial charge in [-0.05, 0) is 62.1 Å². The van der Waals surface area contributed by atoms with Crippen LogP contribution < -0.4 is 4.90 Å². The minimum absolute atomic E-state index is 0.595. The van der Waals surface area contributed by atoms with Gasteiger partial charge in [0.1, 0.15) is 11.3 Å². The van der Waals surface area contributed by atoms with Gasteiger partial charge in [-0.2, -0.15) is 0 Å². The highest BCUT2D eigenvalue weighted by atomic mass is 35.5. The van der Waals surface area contributed by atoms with Crippen molar-refractivity contribution in [1.82, 2.24) is 14.5 Å². The smallest absolute Gasteiger partial charge is 0.112 e. The van der Waals surface area contributed by atoms with Crippen LogP contribution in [0.5, 0.6) is 0 Å². The van der Waals surface area contributed by atoms with Gasteiger partial charge in [0.2, 0.25) is 0 Å². The number of halogens is 1. The maximum absolute atomic E-state index is 6.67. The van der Waals surface area contributed by atoms with E-state index in [-0.39, 0.29) is 0 Å². The molecule has 5 rings (SSSR count). The third-order valence-electron chi connectivity index (χ3n) is 7.06. The Kier molecular flexibility index (Phi) is 5.24. The average molecular weight is 423 g/mol. The Morgan fingerprint density at radius 2 is 1.67 bits per heavy atom. The quantitative estimate of drug-likeness (QED) is 0.539. The van der Waals surface area contributed by atoms with Crippen molar-refractivity contribution in [2.75, 3.05) is 31.1 Å². The number of aromatic nitrogens is 2. The number of imidazole rings is 1. The fourth-order valence-electron chi connectivity index (χ4n) is 4.82. The van der Waals surface area contributed by atoms with Crippen molar-refractivity contribution in [2.24, 2.45) is 7.05 Å². The van der Waals surface area contributed by atoms with Crippen molar-refractivity contribution < 1.29 is 0 Å². The summed E-state index contributed by atoms with van der Waals surface area (Å²) >= 11 is 6.67. The molecule has 0 bridgehead atoms. The minimum atomic E-state index is 0.595. The molecule has 1 aliphatic heterocycles. The number of anilines is 1. The first kappa shape index (κ1) is 19.9. The van der Waals surface area contributed by atoms with Gasteiger partial charge >= 0.3 is 0 Å². The van der Waals surface area contributed by atoms with Gasteiger partial charge < -0.3 is 9.47 Å². The lowest BCUT2D eigenvalue weighted by Gasteiger charge is -2.38. The number of piperazine rings is 1. The molecule has 30 heavy (non-hydrogen) atoms. The van der Waals surface area contributed by atoms with E-state index in [1.165, 1.54) is 36.3 Å². The fourth-order valence-corrected chi connectivity index (χ4v) is 5.08. The molecule has 1 aromatic heterocycles. The third kappa shape index (κ3) is 3.50. The van der Waals surface area contributed by atoms with Crippen LogP contribution in [-0.2, 0) is 7.05 Å². The highest BCUT2D eigenvalue weighted by molar-refractivity contribution is 6.35. The van der Waals surface area contributed by atoms with Crippen LogP contribution in [0, 0.1) is 0 Å². The first-order chi connectivity index (χ1) is 14.5. The van der Waals surface area contributed by atoms with Gasteiger partial charge in [0, 0.05) is 50.9 Å². The minimum Gasteiger partial charge on any atom is -0.369 e. The van der Waals surface area contributed by atoms with Crippen LogP contribution in [0.2, 0.25) is 5.02 Å². The lowest BCUT2D eigenvalue weighted by molar-refractivity contribution is 0.209. The van der Waals surface area contributed by atoms with Crippen molar-refractivity contribution in [3.63, 3.8) is 0 Å². The molecule has 4 nitrogen and oxygen atoms in total. The van der Waals surface area contributed by atoms with Gasteiger partial charge in [-0.3, -0.25) is 4.90 Å². The Balaban J connectivity index is 1.40. The molecule has 0 spiro atoms. The normalized spacial score (nSPS) is 18.4. The summed E-state index contributed by atoms with van der Waals surface area (Å²) in [5.74, 6) is 1.78. The Morgan fingerprint density at radius 1 is 0.967 bits per heavy atom. The van der Waals surface area contributed by atoms with Gasteiger partial charge in [0.15, 0.2) is 0 Å². The van der Waals surface area contributed by atoms with Crippen LogP contribution in [0.1, 0.15) is 44.9 Å². The van der Waals surface area contributed by atoms with E-state index in [2.05, 4.69) is 71.7 Å². The maximum Gasteiger partial charge on any atom is 0.112 e. The van der Waals surface area contributed by atoms with Crippen molar-refractivity contribution in [1.29, 1.82) is 0 Å². The largest absolute Gasteiger partial charge is 0.369 e. The average Bonchev–Trinajstić information content (AvgIpc) is 3.04. The molecular weight excluding hydrogens is 392 g/mol. The van der Waals surface area contributed by atoms with Crippen molar-refractivity contribution in [3.8, 4) is 11.1 Å². The highest BCUT2D eigenvalue weighted by Crippen LogP contribution is 2.39. The molecule has 1 saturated heterocycles. The van der Waals surface area contributed by atoms with Crippen LogP contribution in [0.3, 0.4) is 0 Å². The second-order valence-corrected chi connectivity index (χ2v) is 9.55. The summed E-state index contributed by atoms with van der Waals surface area (Å²) in [5.41, 5.74) is 5.74. The zero-order chi connectivity index (χ0) is 20.8. The molecule has 5 heteroatoms. The lowest BCUT2D eigenvalue weighted by atomic mass is 9.85. The van der Waals surface area contributed by atoms with Gasteiger partial charge in [-0.25, -0.2) is 4.98 Å². The SMILES string of the molecule is CC(C)N1CCN(c2ccc(-c3cc(Cl)c4nc(C5CCC5)n(C)c4c3)cc2)CC1. The van der Waals surface area contributed by atoms with Gasteiger partial charge in [-0.1, -0.05) is 30.2 Å². The third-order valence-corrected chi connectivity index (χ3v) is 7.34. The number of hydrogen-bond acceptors (Lipinski definition) is 3. The molecule has 3 aromatic rings. The highest BCUT2D eigenvalue weighted by Gasteiger charge is 2.25. The Morgan fingerprint density at radius 3 is 2.27 bits per heavy atom. The molecule has 0 amide bonds. The summed E-state index contributed by atoms with van der Waals surface area (Å²) in [5, 5.41) is 0.748. The monoisotopic (exact) mass is 422 g/mol. The summed E-state index contributed by atoms with van der Waals surface area (Å²) in [6.45, 7) is 9.02. The number of nitrogens with zero attached hydrogens (tertiary/aromatic N) is 4. The van der Waals surface area contributed by atoms with Crippen molar-refractivity contribution in [3.05, 3.63) is 47.2 Å². The van der Waals surface area contributed by atoms with E-state index in [1.54, 1.807) is 0 Å². The summed E-state index contributed by atoms with van der Waals surface area (Å²) in [6, 6.07) is 13.9. The predicted molar refractivity (Wildman–Crippen MR) is 127 cm³/mol. The Hall–Kier alpha value is -2.04. The van der Waals surface area contributed by atoms with Crippen molar-refractivity contribution in [2.45, 2.75) is 45.1 Å². The van der Waals surface area contributed by atoms with Crippen LogP contribution in [0.4, 0.5) is 5.69 Å². The molecule has 1 saturated carbocycles. The summed E-state index contributed by atoms with van der Waals surface area (Å²) in [4.78, 5) is 9.92. The first-order valence-electron chi connectivity index (χ1n) is 11.3. The first-order valence-corrected chi connectivity index (χ1v) is 11.6. The zero-order valence-electron chi connectivity index (χ0n) is 18.2. The van der Waals surface area contributed by atoms with E-state index in [4.69, 9.17) is 16.6 Å². The van der Waals surface area contributed by atoms with E-state index in [1.807, 2.05) is 0 Å². The molecule has 158 valence electrons. The summed E-state index contributed by atoms with van der Waals surface area (Å²) in [6.07, 6.45) is 3.80. The molecule has 2 heterocycles. The number of fused-ring (bicyclic) bond motifs is 1. The molecule has 1 aliphatic carbocycles. The zero-order valence-corrected chi connectivity index (χ0v) is 19.0. The number of hydrogen-bond donors (Lipinski definition) is 0. The predicted octanol–water partition coefficient (Wildman–Crippen LogP) is 5.69. The Bertz CT molecular complexity index is 1040. The van der Waals surface area contributed by atoms with Crippen LogP contribution in [-0.4, -0.2) is 46.7 Å². The molecule has 2 fully saturated rings. The lowest BCUT2D eigenvalue weighted by Crippen LogP contribution is -2.48. The van der Waals surface area contributed by atoms with E-state index in [9.17, 15) is 0 Å². The topological polar surface area (TPSA) is 24.3 Å². The molecule has 0 radical (unpaired) electrons. The molecular formula is C25H31ClN4. The van der Waals surface area contributed by atoms with E-state index in [0.29, 0.717) is 12.0 Å². The number of benzene rings is 2. The summed E-state index contributed by atoms with van der Waals surface area (Å²) in [7, 11) is 2.13. The summed E-state index contributed by atoms with van der Waals surface area (Å²) < 4.78 is 2.25. The number of aryl methyl sites for hydroxylation is 1. The molecule has 2 aromatic carbocycles. The Labute approximate surface area is 184 Å². The van der Waals surface area contributed by atoms with Gasteiger partial charge in [-0.15, -0.1) is 0 Å². The maximum atomic E-state index is 6.67. The molecule has 2 aliphatic rings. The van der Waals surface area contributed by atoms with E-state index >= 15 is 0 Å². The molecule has 0 atom stereocenters. The van der Waals surface area contributed by atoms with Crippen LogP contribution in [0.25, 0.3) is 22.2 Å². The molecule has 0 N–H and O–H groups in total. The molecule has 0 unspecified atom stereocenters. The van der Waals surface area contributed by atoms with Gasteiger partial charge in [0.05, 0.1) is 10.5 Å². The van der Waals surface area contributed by atoms with Crippen LogP contribution >= 0.6 is 11.6 Å². The van der Waals surface area contributed by atoms with E-state index in [0.717, 1.165) is 47.8 Å². The van der Waals surface area contributed by atoms with Crippen molar-refractivity contribution >= 4 is 28.3 Å². The van der Waals surface area contributed by atoms with Crippen LogP contribution in [0.15, 0.2) is 36.4 Å². The second-order valence-electron chi connectivity index (χ2n) is 9.15. The van der Waals surface area contributed by atoms with Gasteiger partial charge in [0.25, 0.3) is 0 Å². The van der Waals surface area contributed by atoms with E-state index < -0.39 is 0 Å².